The third-order valence-electron chi connectivity index (χ3n) is 3.94. The summed E-state index contributed by atoms with van der Waals surface area (Å²) < 4.78 is 2.07. The average molecular weight is 264 g/mol. The maximum absolute atomic E-state index is 4.54. The summed E-state index contributed by atoms with van der Waals surface area (Å²) in [6, 6.07) is 4.52. The predicted molar refractivity (Wildman–Crippen MR) is 79.3 cm³/mol. The van der Waals surface area contributed by atoms with Crippen molar-refractivity contribution in [1.82, 2.24) is 19.7 Å². The first-order valence-electron chi connectivity index (χ1n) is 7.05. The predicted octanol–water partition coefficient (Wildman–Crippen LogP) is 3.71. The van der Waals surface area contributed by atoms with Gasteiger partial charge in [-0.05, 0) is 37.0 Å². The van der Waals surface area contributed by atoms with Crippen LogP contribution in [0.25, 0.3) is 22.2 Å². The molecule has 0 fully saturated rings. The lowest BCUT2D eigenvalue weighted by molar-refractivity contribution is 0.474. The fourth-order valence-corrected chi connectivity index (χ4v) is 2.89. The molecule has 1 N–H and O–H groups in total. The van der Waals surface area contributed by atoms with E-state index in [1.54, 1.807) is 0 Å². The number of nitrogens with one attached hydrogen (secondary N) is 1. The summed E-state index contributed by atoms with van der Waals surface area (Å²) >= 11 is 0. The molecule has 0 amide bonds. The highest BCUT2D eigenvalue weighted by Gasteiger charge is 2.13. The summed E-state index contributed by atoms with van der Waals surface area (Å²) in [5.41, 5.74) is 3.26. The van der Waals surface area contributed by atoms with Crippen LogP contribution in [0.4, 0.5) is 0 Å². The summed E-state index contributed by atoms with van der Waals surface area (Å²) in [6.07, 6.45) is 16.0. The van der Waals surface area contributed by atoms with Crippen LogP contribution in [-0.2, 0) is 0 Å². The number of fused-ring (bicyclic) bond motifs is 1. The Morgan fingerprint density at radius 2 is 2.30 bits per heavy atom. The summed E-state index contributed by atoms with van der Waals surface area (Å²) in [4.78, 5) is 7.48. The van der Waals surface area contributed by atoms with Gasteiger partial charge < -0.3 is 4.98 Å². The molecular formula is C16H16N4. The van der Waals surface area contributed by atoms with E-state index in [1.165, 1.54) is 24.8 Å². The fourth-order valence-electron chi connectivity index (χ4n) is 2.89. The quantitative estimate of drug-likeness (QED) is 0.717. The maximum atomic E-state index is 4.54. The van der Waals surface area contributed by atoms with Gasteiger partial charge in [0, 0.05) is 29.5 Å². The Morgan fingerprint density at radius 1 is 1.30 bits per heavy atom. The Morgan fingerprint density at radius 3 is 3.20 bits per heavy atom. The van der Waals surface area contributed by atoms with E-state index in [4.69, 9.17) is 0 Å². The molecule has 0 spiro atoms. The van der Waals surface area contributed by atoms with E-state index < -0.39 is 0 Å². The van der Waals surface area contributed by atoms with Crippen molar-refractivity contribution in [1.29, 1.82) is 0 Å². The molecule has 3 aromatic heterocycles. The zero-order chi connectivity index (χ0) is 13.4. The van der Waals surface area contributed by atoms with Crippen molar-refractivity contribution in [2.45, 2.75) is 25.3 Å². The number of aromatic nitrogens is 4. The van der Waals surface area contributed by atoms with Gasteiger partial charge in [0.15, 0.2) is 0 Å². The van der Waals surface area contributed by atoms with Crippen molar-refractivity contribution in [3.05, 3.63) is 49.1 Å². The molecule has 0 saturated heterocycles. The van der Waals surface area contributed by atoms with Crippen molar-refractivity contribution >= 4 is 11.0 Å². The monoisotopic (exact) mass is 264 g/mol. The van der Waals surface area contributed by atoms with Crippen LogP contribution in [0.3, 0.4) is 0 Å². The Hall–Kier alpha value is -2.36. The SMILES string of the molecule is C1=CC(n2cc(-c3ccnc4[nH]ccc34)cn2)CCC1. The summed E-state index contributed by atoms with van der Waals surface area (Å²) in [5.74, 6) is 0. The van der Waals surface area contributed by atoms with Crippen molar-refractivity contribution in [2.24, 2.45) is 0 Å². The summed E-state index contributed by atoms with van der Waals surface area (Å²) in [6.45, 7) is 0. The number of hydrogen-bond acceptors (Lipinski definition) is 2. The van der Waals surface area contributed by atoms with E-state index >= 15 is 0 Å². The zero-order valence-electron chi connectivity index (χ0n) is 11.2. The van der Waals surface area contributed by atoms with Gasteiger partial charge >= 0.3 is 0 Å². The minimum absolute atomic E-state index is 0.404. The Labute approximate surface area is 117 Å². The van der Waals surface area contributed by atoms with Crippen LogP contribution in [0.15, 0.2) is 49.1 Å². The Balaban J connectivity index is 1.76. The molecule has 0 bridgehead atoms. The number of nitrogens with zero attached hydrogens (tertiary/aromatic N) is 3. The first-order chi connectivity index (χ1) is 9.92. The van der Waals surface area contributed by atoms with E-state index in [2.05, 4.69) is 44.2 Å². The molecule has 20 heavy (non-hydrogen) atoms. The molecule has 4 rings (SSSR count). The van der Waals surface area contributed by atoms with Gasteiger partial charge in [0.1, 0.15) is 5.65 Å². The van der Waals surface area contributed by atoms with Crippen molar-refractivity contribution in [3.8, 4) is 11.1 Å². The van der Waals surface area contributed by atoms with Gasteiger partial charge in [-0.15, -0.1) is 0 Å². The molecule has 100 valence electrons. The molecule has 0 aliphatic heterocycles. The summed E-state index contributed by atoms with van der Waals surface area (Å²) in [7, 11) is 0. The number of allylic oxidation sites excluding steroid dienone is 2. The smallest absolute Gasteiger partial charge is 0.137 e. The molecule has 0 radical (unpaired) electrons. The molecule has 4 heteroatoms. The highest BCUT2D eigenvalue weighted by molar-refractivity contribution is 5.92. The maximum Gasteiger partial charge on any atom is 0.137 e. The van der Waals surface area contributed by atoms with E-state index in [9.17, 15) is 0 Å². The normalized spacial score (nSPS) is 18.7. The standard InChI is InChI=1S/C16H16N4/c1-2-4-13(5-3-1)20-11-12(10-19-20)14-6-8-17-16-15(14)7-9-18-16/h2,4,6-11,13H,1,3,5H2,(H,17,18). The minimum atomic E-state index is 0.404. The zero-order valence-corrected chi connectivity index (χ0v) is 11.2. The molecule has 4 nitrogen and oxygen atoms in total. The van der Waals surface area contributed by atoms with Crippen molar-refractivity contribution < 1.29 is 0 Å². The van der Waals surface area contributed by atoms with Crippen LogP contribution in [0.1, 0.15) is 25.3 Å². The van der Waals surface area contributed by atoms with Crippen LogP contribution in [0, 0.1) is 0 Å². The third-order valence-corrected chi connectivity index (χ3v) is 3.94. The van der Waals surface area contributed by atoms with Gasteiger partial charge in [-0.25, -0.2) is 4.98 Å². The molecule has 1 aliphatic rings. The largest absolute Gasteiger partial charge is 0.346 e. The second-order valence-electron chi connectivity index (χ2n) is 5.23. The number of aromatic amines is 1. The number of pyridine rings is 1. The van der Waals surface area contributed by atoms with Gasteiger partial charge in [0.25, 0.3) is 0 Å². The lowest BCUT2D eigenvalue weighted by Crippen LogP contribution is -2.08. The molecule has 1 aliphatic carbocycles. The van der Waals surface area contributed by atoms with E-state index in [1.807, 2.05) is 24.7 Å². The molecule has 1 unspecified atom stereocenters. The lowest BCUT2D eigenvalue weighted by atomic mass is 10.0. The molecule has 1 atom stereocenters. The average Bonchev–Trinajstić information content (AvgIpc) is 3.17. The van der Waals surface area contributed by atoms with Crippen molar-refractivity contribution in [3.63, 3.8) is 0 Å². The Kier molecular flexibility index (Phi) is 2.66. The number of H-pyrrole nitrogens is 1. The minimum Gasteiger partial charge on any atom is -0.346 e. The van der Waals surface area contributed by atoms with Crippen LogP contribution in [-0.4, -0.2) is 19.7 Å². The first-order valence-corrected chi connectivity index (χ1v) is 7.05. The van der Waals surface area contributed by atoms with E-state index in [0.29, 0.717) is 6.04 Å². The number of rotatable bonds is 2. The molecule has 3 aromatic rings. The highest BCUT2D eigenvalue weighted by Crippen LogP contribution is 2.28. The molecule has 3 heterocycles. The highest BCUT2D eigenvalue weighted by atomic mass is 15.3. The van der Waals surface area contributed by atoms with E-state index in [0.717, 1.165) is 16.6 Å². The van der Waals surface area contributed by atoms with Gasteiger partial charge in [0.05, 0.1) is 12.2 Å². The number of hydrogen-bond donors (Lipinski definition) is 1. The van der Waals surface area contributed by atoms with Crippen molar-refractivity contribution in [2.75, 3.05) is 0 Å². The lowest BCUT2D eigenvalue weighted by Gasteiger charge is -2.16. The molecule has 0 aromatic carbocycles. The van der Waals surface area contributed by atoms with Crippen LogP contribution in [0.5, 0.6) is 0 Å². The topological polar surface area (TPSA) is 46.5 Å². The van der Waals surface area contributed by atoms with Crippen LogP contribution >= 0.6 is 0 Å². The molecular weight excluding hydrogens is 248 g/mol. The second-order valence-corrected chi connectivity index (χ2v) is 5.23. The molecule has 0 saturated carbocycles. The van der Waals surface area contributed by atoms with Gasteiger partial charge in [-0.3, -0.25) is 4.68 Å². The fraction of sp³-hybridized carbons (Fsp3) is 0.250. The third kappa shape index (κ3) is 1.84. The van der Waals surface area contributed by atoms with Gasteiger partial charge in [-0.1, -0.05) is 12.2 Å². The second kappa shape index (κ2) is 4.63. The first kappa shape index (κ1) is 11.5. The van der Waals surface area contributed by atoms with Gasteiger partial charge in [-0.2, -0.15) is 5.10 Å². The Bertz CT molecular complexity index is 765. The summed E-state index contributed by atoms with van der Waals surface area (Å²) in [5, 5.41) is 5.69. The van der Waals surface area contributed by atoms with Gasteiger partial charge in [0.2, 0.25) is 0 Å². The van der Waals surface area contributed by atoms with Crippen LogP contribution in [0.2, 0.25) is 0 Å². The van der Waals surface area contributed by atoms with Crippen LogP contribution < -0.4 is 0 Å². The van der Waals surface area contributed by atoms with E-state index in [-0.39, 0.29) is 0 Å².